The predicted molar refractivity (Wildman–Crippen MR) is 77.6 cm³/mol. The molecule has 0 spiro atoms. The Hall–Kier alpha value is -1.60. The molecule has 0 amide bonds. The summed E-state index contributed by atoms with van der Waals surface area (Å²) >= 11 is 0. The summed E-state index contributed by atoms with van der Waals surface area (Å²) in [6.07, 6.45) is 5.83. The van der Waals surface area contributed by atoms with Crippen LogP contribution in [0.25, 0.3) is 0 Å². The molecule has 0 N–H and O–H groups in total. The molecule has 0 unspecified atom stereocenters. The van der Waals surface area contributed by atoms with Crippen molar-refractivity contribution in [1.82, 2.24) is 9.47 Å². The fourth-order valence-electron chi connectivity index (χ4n) is 3.63. The molecule has 2 aliphatic rings. The molecular formula is C16H21N3O. The first kappa shape index (κ1) is 13.4. The number of pyridine rings is 1. The maximum absolute atomic E-state index is 12.7. The molecule has 1 aliphatic heterocycles. The van der Waals surface area contributed by atoms with Gasteiger partial charge in [0, 0.05) is 36.8 Å². The highest BCUT2D eigenvalue weighted by Gasteiger charge is 2.26. The molecule has 0 bridgehead atoms. The number of hydrogen-bond donors (Lipinski definition) is 0. The van der Waals surface area contributed by atoms with E-state index in [-0.39, 0.29) is 12.0 Å². The number of fused-ring (bicyclic) bond motifs is 1. The van der Waals surface area contributed by atoms with Crippen molar-refractivity contribution < 1.29 is 0 Å². The highest BCUT2D eigenvalue weighted by Crippen LogP contribution is 2.31. The van der Waals surface area contributed by atoms with Gasteiger partial charge in [-0.1, -0.05) is 12.8 Å². The van der Waals surface area contributed by atoms with E-state index in [9.17, 15) is 4.79 Å². The Morgan fingerprint density at radius 2 is 2.15 bits per heavy atom. The highest BCUT2D eigenvalue weighted by molar-refractivity contribution is 5.31. The van der Waals surface area contributed by atoms with Crippen molar-refractivity contribution in [3.63, 3.8) is 0 Å². The summed E-state index contributed by atoms with van der Waals surface area (Å²) in [5, 5.41) is 8.95. The molecule has 20 heavy (non-hydrogen) atoms. The lowest BCUT2D eigenvalue weighted by atomic mass is 10.0. The molecule has 2 heterocycles. The van der Waals surface area contributed by atoms with Gasteiger partial charge in [-0.25, -0.2) is 0 Å². The first-order chi connectivity index (χ1) is 9.70. The van der Waals surface area contributed by atoms with E-state index in [2.05, 4.69) is 18.0 Å². The van der Waals surface area contributed by atoms with Crippen molar-refractivity contribution in [2.45, 2.75) is 51.1 Å². The first-order valence-electron chi connectivity index (χ1n) is 7.52. The Bertz CT molecular complexity index is 605. The zero-order valence-electron chi connectivity index (χ0n) is 12.1. The number of rotatable bonds is 2. The molecule has 0 radical (unpaired) electrons. The van der Waals surface area contributed by atoms with Crippen LogP contribution in [0.4, 0.5) is 0 Å². The van der Waals surface area contributed by atoms with Gasteiger partial charge in [-0.05, 0) is 31.5 Å². The van der Waals surface area contributed by atoms with Crippen LogP contribution in [0.15, 0.2) is 10.9 Å². The summed E-state index contributed by atoms with van der Waals surface area (Å²) in [7, 11) is 2.11. The summed E-state index contributed by atoms with van der Waals surface area (Å²) in [5.74, 6) is 0. The van der Waals surface area contributed by atoms with Crippen LogP contribution in [-0.4, -0.2) is 23.1 Å². The van der Waals surface area contributed by atoms with E-state index in [1.807, 2.05) is 10.6 Å². The number of nitriles is 1. The van der Waals surface area contributed by atoms with Crippen molar-refractivity contribution >= 4 is 0 Å². The predicted octanol–water partition coefficient (Wildman–Crippen LogP) is 2.02. The summed E-state index contributed by atoms with van der Waals surface area (Å²) < 4.78 is 2.04. The summed E-state index contributed by atoms with van der Waals surface area (Å²) in [4.78, 5) is 15.0. The van der Waals surface area contributed by atoms with E-state index in [0.29, 0.717) is 11.6 Å². The van der Waals surface area contributed by atoms with Crippen LogP contribution in [0.2, 0.25) is 0 Å². The van der Waals surface area contributed by atoms with Crippen LogP contribution in [-0.2, 0) is 19.4 Å². The van der Waals surface area contributed by atoms with Gasteiger partial charge in [-0.15, -0.1) is 0 Å². The van der Waals surface area contributed by atoms with Gasteiger partial charge < -0.3 is 9.47 Å². The second-order valence-electron chi connectivity index (χ2n) is 6.08. The molecule has 1 saturated carbocycles. The smallest absolute Gasteiger partial charge is 0.255 e. The van der Waals surface area contributed by atoms with Crippen LogP contribution in [0, 0.1) is 11.3 Å². The van der Waals surface area contributed by atoms with Gasteiger partial charge in [0.25, 0.3) is 5.56 Å². The van der Waals surface area contributed by atoms with E-state index in [4.69, 9.17) is 5.26 Å². The fraction of sp³-hybridized carbons (Fsp3) is 0.625. The second-order valence-corrected chi connectivity index (χ2v) is 6.08. The zero-order chi connectivity index (χ0) is 14.1. The number of likely N-dealkylation sites (N-methyl/N-ethyl adjacent to an activating group) is 1. The van der Waals surface area contributed by atoms with E-state index < -0.39 is 0 Å². The summed E-state index contributed by atoms with van der Waals surface area (Å²) in [6.45, 7) is 1.90. The third kappa shape index (κ3) is 2.27. The SMILES string of the molecule is CN1CCc2c(cc(CC#N)c(=O)n2C2CCCC2)C1. The standard InChI is InChI=1S/C16H21N3O/c1-18-9-7-15-13(11-18)10-12(6-8-17)16(20)19(15)14-4-2-3-5-14/h10,14H,2-7,9,11H2,1H3. The van der Waals surface area contributed by atoms with Crippen LogP contribution in [0.5, 0.6) is 0 Å². The van der Waals surface area contributed by atoms with E-state index >= 15 is 0 Å². The quantitative estimate of drug-likeness (QED) is 0.827. The van der Waals surface area contributed by atoms with Crippen molar-refractivity contribution in [1.29, 1.82) is 5.26 Å². The molecule has 4 heteroatoms. The van der Waals surface area contributed by atoms with Gasteiger partial charge >= 0.3 is 0 Å². The van der Waals surface area contributed by atoms with Crippen LogP contribution >= 0.6 is 0 Å². The third-order valence-electron chi connectivity index (χ3n) is 4.63. The molecule has 3 rings (SSSR count). The van der Waals surface area contributed by atoms with Crippen LogP contribution in [0.3, 0.4) is 0 Å². The van der Waals surface area contributed by atoms with Gasteiger partial charge in [0.15, 0.2) is 0 Å². The molecule has 0 atom stereocenters. The molecular weight excluding hydrogens is 250 g/mol. The van der Waals surface area contributed by atoms with Crippen LogP contribution in [0.1, 0.15) is 48.5 Å². The number of hydrogen-bond acceptors (Lipinski definition) is 3. The Labute approximate surface area is 119 Å². The molecule has 1 aromatic rings. The van der Waals surface area contributed by atoms with Gasteiger partial charge in [0.2, 0.25) is 0 Å². The molecule has 1 aromatic heterocycles. The summed E-state index contributed by atoms with van der Waals surface area (Å²) in [5.41, 5.74) is 3.23. The topological polar surface area (TPSA) is 49.0 Å². The van der Waals surface area contributed by atoms with Crippen molar-refractivity contribution in [2.24, 2.45) is 0 Å². The summed E-state index contributed by atoms with van der Waals surface area (Å²) in [6, 6.07) is 4.47. The molecule has 4 nitrogen and oxygen atoms in total. The normalized spacial score (nSPS) is 19.8. The number of nitrogens with zero attached hydrogens (tertiary/aromatic N) is 3. The number of aromatic nitrogens is 1. The first-order valence-corrected chi connectivity index (χ1v) is 7.52. The average molecular weight is 271 g/mol. The molecule has 0 saturated heterocycles. The van der Waals surface area contributed by atoms with E-state index in [1.54, 1.807) is 0 Å². The largest absolute Gasteiger partial charge is 0.309 e. The lowest BCUT2D eigenvalue weighted by Crippen LogP contribution is -2.36. The minimum atomic E-state index is 0.0850. The van der Waals surface area contributed by atoms with Gasteiger partial charge in [0.05, 0.1) is 12.5 Å². The van der Waals surface area contributed by atoms with Gasteiger partial charge in [0.1, 0.15) is 0 Å². The Morgan fingerprint density at radius 3 is 2.85 bits per heavy atom. The minimum absolute atomic E-state index is 0.0850. The molecule has 1 aliphatic carbocycles. The maximum atomic E-state index is 12.7. The Morgan fingerprint density at radius 1 is 1.40 bits per heavy atom. The maximum Gasteiger partial charge on any atom is 0.255 e. The zero-order valence-corrected chi connectivity index (χ0v) is 12.1. The molecule has 1 fully saturated rings. The van der Waals surface area contributed by atoms with Crippen molar-refractivity contribution in [3.05, 3.63) is 33.2 Å². The van der Waals surface area contributed by atoms with Crippen molar-refractivity contribution in [2.75, 3.05) is 13.6 Å². The minimum Gasteiger partial charge on any atom is -0.309 e. The second kappa shape index (κ2) is 5.41. The van der Waals surface area contributed by atoms with Crippen molar-refractivity contribution in [3.8, 4) is 6.07 Å². The average Bonchev–Trinajstić information content (AvgIpc) is 2.94. The van der Waals surface area contributed by atoms with Gasteiger partial charge in [-0.3, -0.25) is 4.79 Å². The fourth-order valence-corrected chi connectivity index (χ4v) is 3.63. The highest BCUT2D eigenvalue weighted by atomic mass is 16.1. The molecule has 0 aromatic carbocycles. The van der Waals surface area contributed by atoms with Gasteiger partial charge in [-0.2, -0.15) is 5.26 Å². The van der Waals surface area contributed by atoms with E-state index in [1.165, 1.54) is 24.1 Å². The lowest BCUT2D eigenvalue weighted by molar-refractivity contribution is 0.299. The Kier molecular flexibility index (Phi) is 3.62. The monoisotopic (exact) mass is 271 g/mol. The van der Waals surface area contributed by atoms with E-state index in [0.717, 1.165) is 32.4 Å². The lowest BCUT2D eigenvalue weighted by Gasteiger charge is -2.30. The third-order valence-corrected chi connectivity index (χ3v) is 4.63. The molecule has 106 valence electrons. The van der Waals surface area contributed by atoms with Crippen LogP contribution < -0.4 is 5.56 Å². The Balaban J connectivity index is 2.14.